The van der Waals surface area contributed by atoms with Gasteiger partial charge >= 0.3 is 6.16 Å². The van der Waals surface area contributed by atoms with E-state index in [-0.39, 0.29) is 6.10 Å². The maximum Gasteiger partial charge on any atom is 0.540 e. The number of carbonyl (C=O) groups is 1. The van der Waals surface area contributed by atoms with E-state index in [2.05, 4.69) is 14.8 Å². The summed E-state index contributed by atoms with van der Waals surface area (Å²) < 4.78 is 0. The van der Waals surface area contributed by atoms with Gasteiger partial charge in [0, 0.05) is 0 Å². The summed E-state index contributed by atoms with van der Waals surface area (Å²) in [6.07, 6.45) is -0.967. The van der Waals surface area contributed by atoms with Crippen molar-refractivity contribution in [3.63, 3.8) is 0 Å². The highest BCUT2D eigenvalue weighted by Gasteiger charge is 2.02. The summed E-state index contributed by atoms with van der Waals surface area (Å²) in [5.41, 5.74) is 0. The van der Waals surface area contributed by atoms with E-state index in [0.29, 0.717) is 0 Å². The van der Waals surface area contributed by atoms with Crippen LogP contribution in [0.3, 0.4) is 0 Å². The van der Waals surface area contributed by atoms with Crippen molar-refractivity contribution in [2.75, 3.05) is 0 Å². The van der Waals surface area contributed by atoms with Gasteiger partial charge in [-0.25, -0.2) is 9.68 Å². The van der Waals surface area contributed by atoms with Crippen LogP contribution in [-0.2, 0) is 14.8 Å². The van der Waals surface area contributed by atoms with Crippen molar-refractivity contribution < 1.29 is 24.7 Å². The zero-order valence-corrected chi connectivity index (χ0v) is 5.86. The molecule has 1 N–H and O–H groups in total. The van der Waals surface area contributed by atoms with E-state index in [1.165, 1.54) is 0 Å². The second-order valence-electron chi connectivity index (χ2n) is 1.73. The van der Waals surface area contributed by atoms with Gasteiger partial charge in [-0.3, -0.25) is 0 Å². The zero-order chi connectivity index (χ0) is 7.98. The molecule has 0 aromatic heterocycles. The fourth-order valence-corrected chi connectivity index (χ4v) is 0.184. The number of hydrogen-bond acceptors (Lipinski definition) is 4. The molecule has 0 saturated carbocycles. The van der Waals surface area contributed by atoms with Crippen molar-refractivity contribution in [2.45, 2.75) is 26.4 Å². The van der Waals surface area contributed by atoms with E-state index in [9.17, 15) is 4.79 Å². The Morgan fingerprint density at radius 2 is 2.30 bits per heavy atom. The molecule has 0 radical (unpaired) electrons. The van der Waals surface area contributed by atoms with Gasteiger partial charge in [0.25, 0.3) is 0 Å². The Labute approximate surface area is 58.4 Å². The molecule has 0 saturated heterocycles. The van der Waals surface area contributed by atoms with Gasteiger partial charge in [-0.1, -0.05) is 6.92 Å². The van der Waals surface area contributed by atoms with Crippen molar-refractivity contribution in [3.05, 3.63) is 0 Å². The summed E-state index contributed by atoms with van der Waals surface area (Å²) in [6.45, 7) is 3.60. The molecule has 0 amide bonds. The lowest BCUT2D eigenvalue weighted by atomic mass is 10.3. The Morgan fingerprint density at radius 3 is 2.70 bits per heavy atom. The summed E-state index contributed by atoms with van der Waals surface area (Å²) in [5, 5.41) is 11.7. The van der Waals surface area contributed by atoms with Crippen molar-refractivity contribution in [3.8, 4) is 0 Å². The summed E-state index contributed by atoms with van der Waals surface area (Å²) >= 11 is 0. The van der Waals surface area contributed by atoms with E-state index in [4.69, 9.17) is 5.11 Å². The number of carboxylic acid groups (broad SMARTS) is 1. The third-order valence-corrected chi connectivity index (χ3v) is 0.884. The minimum atomic E-state index is -1.52. The number of rotatable bonds is 4. The van der Waals surface area contributed by atoms with Crippen LogP contribution in [-0.4, -0.2) is 17.4 Å². The molecule has 0 aromatic carbocycles. The predicted octanol–water partition coefficient (Wildman–Crippen LogP) is 1.34. The van der Waals surface area contributed by atoms with E-state index in [0.717, 1.165) is 6.42 Å². The lowest BCUT2D eigenvalue weighted by Crippen LogP contribution is -2.09. The van der Waals surface area contributed by atoms with E-state index >= 15 is 0 Å². The van der Waals surface area contributed by atoms with Crippen LogP contribution in [0.1, 0.15) is 20.3 Å². The van der Waals surface area contributed by atoms with E-state index < -0.39 is 6.16 Å². The minimum absolute atomic E-state index is 0.167. The molecule has 5 nitrogen and oxygen atoms in total. The Morgan fingerprint density at radius 1 is 1.70 bits per heavy atom. The third kappa shape index (κ3) is 5.33. The van der Waals surface area contributed by atoms with Gasteiger partial charge in [-0.2, -0.15) is 4.89 Å². The van der Waals surface area contributed by atoms with E-state index in [1.807, 2.05) is 6.92 Å². The Hall–Kier alpha value is -0.810. The lowest BCUT2D eigenvalue weighted by Gasteiger charge is -2.04. The highest BCUT2D eigenvalue weighted by molar-refractivity contribution is 5.55. The van der Waals surface area contributed by atoms with Crippen LogP contribution in [0.5, 0.6) is 0 Å². The topological polar surface area (TPSA) is 65.0 Å². The first kappa shape index (κ1) is 9.19. The normalized spacial score (nSPS) is 12.6. The molecule has 0 aliphatic rings. The van der Waals surface area contributed by atoms with Crippen LogP contribution < -0.4 is 0 Å². The van der Waals surface area contributed by atoms with Gasteiger partial charge in [0.05, 0.1) is 6.10 Å². The zero-order valence-electron chi connectivity index (χ0n) is 5.86. The molecule has 0 fully saturated rings. The molecule has 0 heterocycles. The number of hydrogen-bond donors (Lipinski definition) is 1. The third-order valence-electron chi connectivity index (χ3n) is 0.884. The summed E-state index contributed by atoms with van der Waals surface area (Å²) in [7, 11) is 0. The molecular weight excluding hydrogens is 140 g/mol. The van der Waals surface area contributed by atoms with Gasteiger partial charge < -0.3 is 5.11 Å². The van der Waals surface area contributed by atoms with Crippen LogP contribution in [0.25, 0.3) is 0 Å². The second kappa shape index (κ2) is 5.01. The van der Waals surface area contributed by atoms with Gasteiger partial charge in [0.1, 0.15) is 0 Å². The lowest BCUT2D eigenvalue weighted by molar-refractivity contribution is -0.499. The summed E-state index contributed by atoms with van der Waals surface area (Å²) in [5.74, 6) is 0. The Kier molecular flexibility index (Phi) is 4.61. The van der Waals surface area contributed by atoms with Crippen molar-refractivity contribution >= 4 is 6.16 Å². The molecule has 0 aliphatic carbocycles. The standard InChI is InChI=1S/C5H10O5/c1-3-4(2)8-10-9-5(6)7/h4H,3H2,1-2H3,(H,6,7). The van der Waals surface area contributed by atoms with Gasteiger partial charge in [-0.15, -0.1) is 0 Å². The van der Waals surface area contributed by atoms with Gasteiger partial charge in [0.15, 0.2) is 0 Å². The fraction of sp³-hybridized carbons (Fsp3) is 0.800. The smallest absolute Gasteiger partial charge is 0.448 e. The van der Waals surface area contributed by atoms with E-state index in [1.54, 1.807) is 6.92 Å². The van der Waals surface area contributed by atoms with Crippen LogP contribution in [0.4, 0.5) is 4.79 Å². The summed E-state index contributed by atoms with van der Waals surface area (Å²) in [4.78, 5) is 17.6. The predicted molar refractivity (Wildman–Crippen MR) is 31.0 cm³/mol. The first-order valence-corrected chi connectivity index (χ1v) is 2.89. The average Bonchev–Trinajstić information content (AvgIpc) is 1.87. The maximum atomic E-state index is 9.64. The molecule has 5 heteroatoms. The van der Waals surface area contributed by atoms with Crippen LogP contribution >= 0.6 is 0 Å². The van der Waals surface area contributed by atoms with Gasteiger partial charge in [-0.05, 0) is 18.4 Å². The quantitative estimate of drug-likeness (QED) is 0.484. The highest BCUT2D eigenvalue weighted by Crippen LogP contribution is 1.96. The molecule has 0 aromatic rings. The molecule has 0 bridgehead atoms. The summed E-state index contributed by atoms with van der Waals surface area (Å²) in [6, 6.07) is 0. The fourth-order valence-electron chi connectivity index (χ4n) is 0.184. The SMILES string of the molecule is CCC(C)OOOC(=O)O. The van der Waals surface area contributed by atoms with Crippen LogP contribution in [0.15, 0.2) is 0 Å². The molecule has 1 unspecified atom stereocenters. The van der Waals surface area contributed by atoms with Crippen LogP contribution in [0.2, 0.25) is 0 Å². The maximum absolute atomic E-state index is 9.64. The molecule has 0 rings (SSSR count). The van der Waals surface area contributed by atoms with Crippen molar-refractivity contribution in [1.82, 2.24) is 0 Å². The molecule has 10 heavy (non-hydrogen) atoms. The highest BCUT2D eigenvalue weighted by atomic mass is 17.5. The average molecular weight is 150 g/mol. The van der Waals surface area contributed by atoms with Crippen LogP contribution in [0, 0.1) is 0 Å². The monoisotopic (exact) mass is 150 g/mol. The second-order valence-corrected chi connectivity index (χ2v) is 1.73. The molecule has 0 aliphatic heterocycles. The molecule has 0 spiro atoms. The Bertz CT molecular complexity index is 102. The molecule has 1 atom stereocenters. The van der Waals surface area contributed by atoms with Crippen molar-refractivity contribution in [1.29, 1.82) is 0 Å². The first-order chi connectivity index (χ1) is 4.66. The molecule has 60 valence electrons. The Balaban J connectivity index is 3.11. The van der Waals surface area contributed by atoms with Gasteiger partial charge in [0.2, 0.25) is 0 Å². The largest absolute Gasteiger partial charge is 0.540 e. The molecular formula is C5H10O5. The minimum Gasteiger partial charge on any atom is -0.448 e. The first-order valence-electron chi connectivity index (χ1n) is 2.89. The van der Waals surface area contributed by atoms with Crippen molar-refractivity contribution in [2.24, 2.45) is 0 Å².